The zero-order valence-electron chi connectivity index (χ0n) is 13.4. The van der Waals surface area contributed by atoms with Crippen molar-refractivity contribution in [2.24, 2.45) is 0 Å². The van der Waals surface area contributed by atoms with E-state index in [1.165, 1.54) is 0 Å². The van der Waals surface area contributed by atoms with Gasteiger partial charge in [-0.2, -0.15) is 0 Å². The largest absolute Gasteiger partial charge is 0.484 e. The van der Waals surface area contributed by atoms with Crippen LogP contribution in [0.4, 0.5) is 0 Å². The highest BCUT2D eigenvalue weighted by Gasteiger charge is 2.26. The molecule has 0 unspecified atom stereocenters. The van der Waals surface area contributed by atoms with Crippen molar-refractivity contribution in [2.75, 3.05) is 26.4 Å². The lowest BCUT2D eigenvalue weighted by atomic mass is 10.1. The number of aryl methyl sites for hydroxylation is 1. The van der Waals surface area contributed by atoms with Gasteiger partial charge in [0.15, 0.2) is 6.61 Å². The zero-order valence-corrected chi connectivity index (χ0v) is 13.4. The number of aliphatic carboxylic acids is 1. The summed E-state index contributed by atoms with van der Waals surface area (Å²) in [6.45, 7) is 3.27. The molecule has 1 saturated heterocycles. The van der Waals surface area contributed by atoms with E-state index < -0.39 is 5.97 Å². The van der Waals surface area contributed by atoms with Crippen molar-refractivity contribution in [3.8, 4) is 5.75 Å². The molecule has 1 heterocycles. The predicted molar refractivity (Wildman–Crippen MR) is 84.5 cm³/mol. The molecule has 1 fully saturated rings. The van der Waals surface area contributed by atoms with Crippen LogP contribution >= 0.6 is 0 Å². The van der Waals surface area contributed by atoms with Crippen molar-refractivity contribution < 1.29 is 24.2 Å². The molecule has 1 aromatic carbocycles. The molecule has 6 nitrogen and oxygen atoms in total. The minimum Gasteiger partial charge on any atom is -0.484 e. The fourth-order valence-corrected chi connectivity index (χ4v) is 2.66. The van der Waals surface area contributed by atoms with Gasteiger partial charge in [-0.05, 0) is 37.5 Å². The van der Waals surface area contributed by atoms with Crippen LogP contribution < -0.4 is 4.74 Å². The molecule has 126 valence electrons. The predicted octanol–water partition coefficient (Wildman–Crippen LogP) is 1.86. The van der Waals surface area contributed by atoms with Gasteiger partial charge in [-0.1, -0.05) is 12.1 Å². The lowest BCUT2D eigenvalue weighted by molar-refractivity contribution is -0.141. The summed E-state index contributed by atoms with van der Waals surface area (Å²) in [4.78, 5) is 24.9. The first-order valence-electron chi connectivity index (χ1n) is 7.85. The number of carboxylic acids is 1. The SMILES string of the molecule is Cc1cccc(OCC(=O)N(CCC(=O)O)C2CCOCC2)c1. The van der Waals surface area contributed by atoms with Crippen LogP contribution in [0.5, 0.6) is 5.75 Å². The van der Waals surface area contributed by atoms with Crippen LogP contribution in [0.2, 0.25) is 0 Å². The summed E-state index contributed by atoms with van der Waals surface area (Å²) in [6.07, 6.45) is 1.40. The molecule has 1 N–H and O–H groups in total. The molecular formula is C17H23NO5. The van der Waals surface area contributed by atoms with Crippen molar-refractivity contribution in [1.82, 2.24) is 4.90 Å². The molecule has 23 heavy (non-hydrogen) atoms. The van der Waals surface area contributed by atoms with Crippen molar-refractivity contribution in [3.63, 3.8) is 0 Å². The van der Waals surface area contributed by atoms with Crippen molar-refractivity contribution in [3.05, 3.63) is 29.8 Å². The van der Waals surface area contributed by atoms with Crippen LogP contribution in [0.15, 0.2) is 24.3 Å². The first-order valence-corrected chi connectivity index (χ1v) is 7.85. The van der Waals surface area contributed by atoms with E-state index in [9.17, 15) is 9.59 Å². The van der Waals surface area contributed by atoms with E-state index in [4.69, 9.17) is 14.6 Å². The Morgan fingerprint density at radius 1 is 1.35 bits per heavy atom. The highest BCUT2D eigenvalue weighted by Crippen LogP contribution is 2.17. The number of benzene rings is 1. The molecule has 0 bridgehead atoms. The summed E-state index contributed by atoms with van der Waals surface area (Å²) in [6, 6.07) is 7.52. The third-order valence-electron chi connectivity index (χ3n) is 3.87. The lowest BCUT2D eigenvalue weighted by Gasteiger charge is -2.34. The molecule has 1 aliphatic heterocycles. The minimum absolute atomic E-state index is 0.0247. The van der Waals surface area contributed by atoms with Gasteiger partial charge in [0, 0.05) is 25.8 Å². The van der Waals surface area contributed by atoms with Crippen LogP contribution in [0.1, 0.15) is 24.8 Å². The Hall–Kier alpha value is -2.08. The Morgan fingerprint density at radius 2 is 2.09 bits per heavy atom. The lowest BCUT2D eigenvalue weighted by Crippen LogP contribution is -2.46. The van der Waals surface area contributed by atoms with Gasteiger partial charge in [0.25, 0.3) is 5.91 Å². The second-order valence-electron chi connectivity index (χ2n) is 5.68. The maximum absolute atomic E-state index is 12.5. The van der Waals surface area contributed by atoms with Crippen molar-refractivity contribution >= 4 is 11.9 Å². The number of carboxylic acid groups (broad SMARTS) is 1. The van der Waals surface area contributed by atoms with Gasteiger partial charge in [0.05, 0.1) is 6.42 Å². The number of carbonyl (C=O) groups is 2. The van der Waals surface area contributed by atoms with E-state index in [-0.39, 0.29) is 31.5 Å². The summed E-state index contributed by atoms with van der Waals surface area (Å²) < 4.78 is 10.9. The van der Waals surface area contributed by atoms with Gasteiger partial charge in [-0.3, -0.25) is 9.59 Å². The monoisotopic (exact) mass is 321 g/mol. The normalized spacial score (nSPS) is 15.2. The fraction of sp³-hybridized carbons (Fsp3) is 0.529. The second kappa shape index (κ2) is 8.53. The minimum atomic E-state index is -0.908. The summed E-state index contributed by atoms with van der Waals surface area (Å²) in [5.41, 5.74) is 1.06. The Labute approximate surface area is 136 Å². The Balaban J connectivity index is 1.95. The van der Waals surface area contributed by atoms with Gasteiger partial charge in [0.2, 0.25) is 0 Å². The van der Waals surface area contributed by atoms with Crippen LogP contribution in [-0.4, -0.2) is 54.3 Å². The first kappa shape index (κ1) is 17.3. The number of hydrogen-bond donors (Lipinski definition) is 1. The van der Waals surface area contributed by atoms with E-state index >= 15 is 0 Å². The number of hydrogen-bond acceptors (Lipinski definition) is 4. The van der Waals surface area contributed by atoms with Gasteiger partial charge < -0.3 is 19.5 Å². The molecule has 0 radical (unpaired) electrons. The van der Waals surface area contributed by atoms with Crippen molar-refractivity contribution in [2.45, 2.75) is 32.2 Å². The number of nitrogens with zero attached hydrogens (tertiary/aromatic N) is 1. The number of carbonyl (C=O) groups excluding carboxylic acids is 1. The van der Waals surface area contributed by atoms with Crippen molar-refractivity contribution in [1.29, 1.82) is 0 Å². The Bertz CT molecular complexity index is 540. The molecule has 0 atom stereocenters. The molecule has 0 aliphatic carbocycles. The molecule has 1 amide bonds. The molecule has 6 heteroatoms. The third-order valence-corrected chi connectivity index (χ3v) is 3.87. The first-order chi connectivity index (χ1) is 11.1. The van der Waals surface area contributed by atoms with E-state index in [1.807, 2.05) is 25.1 Å². The van der Waals surface area contributed by atoms with Crippen LogP contribution in [0, 0.1) is 6.92 Å². The summed E-state index contributed by atoms with van der Waals surface area (Å²) in [5, 5.41) is 8.89. The molecule has 2 rings (SSSR count). The number of rotatable bonds is 7. The molecule has 1 aromatic rings. The number of amides is 1. The molecule has 0 spiro atoms. The smallest absolute Gasteiger partial charge is 0.305 e. The zero-order chi connectivity index (χ0) is 16.7. The highest BCUT2D eigenvalue weighted by molar-refractivity contribution is 5.79. The Kier molecular flexibility index (Phi) is 6.40. The maximum atomic E-state index is 12.5. The average Bonchev–Trinajstić information content (AvgIpc) is 2.54. The van der Waals surface area contributed by atoms with Crippen LogP contribution in [0.3, 0.4) is 0 Å². The maximum Gasteiger partial charge on any atom is 0.305 e. The Morgan fingerprint density at radius 3 is 2.74 bits per heavy atom. The van der Waals surface area contributed by atoms with E-state index in [0.29, 0.717) is 19.0 Å². The molecular weight excluding hydrogens is 298 g/mol. The average molecular weight is 321 g/mol. The standard InChI is InChI=1S/C17H23NO5/c1-13-3-2-4-15(11-13)23-12-16(19)18(8-5-17(20)21)14-6-9-22-10-7-14/h2-4,11,14H,5-10,12H2,1H3,(H,20,21). The van der Waals surface area contributed by atoms with E-state index in [1.54, 1.807) is 11.0 Å². The van der Waals surface area contributed by atoms with Gasteiger partial charge in [-0.25, -0.2) is 0 Å². The molecule has 1 aliphatic rings. The summed E-state index contributed by atoms with van der Waals surface area (Å²) in [7, 11) is 0. The van der Waals surface area contributed by atoms with Crippen LogP contribution in [0.25, 0.3) is 0 Å². The summed E-state index contributed by atoms with van der Waals surface area (Å²) >= 11 is 0. The van der Waals surface area contributed by atoms with Gasteiger partial charge in [0.1, 0.15) is 5.75 Å². The quantitative estimate of drug-likeness (QED) is 0.829. The molecule has 0 saturated carbocycles. The van der Waals surface area contributed by atoms with Gasteiger partial charge >= 0.3 is 5.97 Å². The number of ether oxygens (including phenoxy) is 2. The van der Waals surface area contributed by atoms with Crippen LogP contribution in [-0.2, 0) is 14.3 Å². The summed E-state index contributed by atoms with van der Waals surface area (Å²) in [5.74, 6) is -0.447. The van der Waals surface area contributed by atoms with E-state index in [2.05, 4.69) is 0 Å². The van der Waals surface area contributed by atoms with Gasteiger partial charge in [-0.15, -0.1) is 0 Å². The fourth-order valence-electron chi connectivity index (χ4n) is 2.66. The second-order valence-corrected chi connectivity index (χ2v) is 5.68. The molecule has 0 aromatic heterocycles. The topological polar surface area (TPSA) is 76.1 Å². The highest BCUT2D eigenvalue weighted by atomic mass is 16.5. The van der Waals surface area contributed by atoms with E-state index in [0.717, 1.165) is 18.4 Å². The third kappa shape index (κ3) is 5.56.